The monoisotopic (exact) mass is 386 g/mol. The highest BCUT2D eigenvalue weighted by atomic mass is 79.9. The molecule has 0 aromatic carbocycles. The van der Waals surface area contributed by atoms with Crippen molar-refractivity contribution in [3.8, 4) is 0 Å². The highest BCUT2D eigenvalue weighted by molar-refractivity contribution is 9.10. The van der Waals surface area contributed by atoms with Crippen LogP contribution in [0.1, 0.15) is 23.8 Å². The van der Waals surface area contributed by atoms with Gasteiger partial charge in [0.1, 0.15) is 10.3 Å². The summed E-state index contributed by atoms with van der Waals surface area (Å²) in [6, 6.07) is 1.79. The van der Waals surface area contributed by atoms with Crippen LogP contribution >= 0.6 is 31.9 Å². The second-order valence-corrected chi connectivity index (χ2v) is 5.64. The highest BCUT2D eigenvalue weighted by Crippen LogP contribution is 2.17. The van der Waals surface area contributed by atoms with E-state index in [1.165, 1.54) is 12.4 Å². The summed E-state index contributed by atoms with van der Waals surface area (Å²) in [5.74, 6) is 0.226. The summed E-state index contributed by atoms with van der Waals surface area (Å²) >= 11 is 6.58. The number of carbonyl (C=O) groups is 1. The Morgan fingerprint density at radius 2 is 2.16 bits per heavy atom. The Labute approximate surface area is 127 Å². The SMILES string of the molecule is CCCn1cc(Br)cc1C(=O)Nc1cnc(Br)cn1. The minimum atomic E-state index is -0.198. The van der Waals surface area contributed by atoms with E-state index in [2.05, 4.69) is 54.1 Å². The van der Waals surface area contributed by atoms with Crippen LogP contribution in [0.5, 0.6) is 0 Å². The summed E-state index contributed by atoms with van der Waals surface area (Å²) in [5.41, 5.74) is 0.596. The van der Waals surface area contributed by atoms with E-state index in [4.69, 9.17) is 0 Å². The van der Waals surface area contributed by atoms with E-state index in [1.54, 1.807) is 6.07 Å². The van der Waals surface area contributed by atoms with Gasteiger partial charge in [-0.15, -0.1) is 0 Å². The fourth-order valence-corrected chi connectivity index (χ4v) is 2.32. The van der Waals surface area contributed by atoms with Gasteiger partial charge in [0.25, 0.3) is 5.91 Å². The second kappa shape index (κ2) is 6.29. The molecule has 0 atom stereocenters. The average Bonchev–Trinajstić information content (AvgIpc) is 2.74. The van der Waals surface area contributed by atoms with E-state index >= 15 is 0 Å². The van der Waals surface area contributed by atoms with Crippen molar-refractivity contribution in [2.45, 2.75) is 19.9 Å². The van der Waals surface area contributed by atoms with Gasteiger partial charge >= 0.3 is 0 Å². The molecule has 0 radical (unpaired) electrons. The van der Waals surface area contributed by atoms with Gasteiger partial charge in [0.15, 0.2) is 5.82 Å². The number of aryl methyl sites for hydroxylation is 1. The van der Waals surface area contributed by atoms with E-state index in [0.29, 0.717) is 16.1 Å². The van der Waals surface area contributed by atoms with Crippen molar-refractivity contribution < 1.29 is 4.79 Å². The van der Waals surface area contributed by atoms with Crippen LogP contribution in [0.2, 0.25) is 0 Å². The third-order valence-electron chi connectivity index (χ3n) is 2.42. The van der Waals surface area contributed by atoms with Gasteiger partial charge in [0.2, 0.25) is 0 Å². The molecule has 0 aliphatic rings. The number of halogens is 2. The summed E-state index contributed by atoms with van der Waals surface area (Å²) in [6.07, 6.45) is 5.89. The smallest absolute Gasteiger partial charge is 0.273 e. The van der Waals surface area contributed by atoms with Crippen LogP contribution in [0.3, 0.4) is 0 Å². The molecule has 2 aromatic heterocycles. The van der Waals surface area contributed by atoms with Crippen molar-refractivity contribution in [2.75, 3.05) is 5.32 Å². The zero-order chi connectivity index (χ0) is 13.8. The van der Waals surface area contributed by atoms with Crippen LogP contribution in [0.25, 0.3) is 0 Å². The van der Waals surface area contributed by atoms with E-state index < -0.39 is 0 Å². The van der Waals surface area contributed by atoms with Gasteiger partial charge in [0, 0.05) is 17.2 Å². The molecule has 0 spiro atoms. The van der Waals surface area contributed by atoms with Gasteiger partial charge in [-0.3, -0.25) is 4.79 Å². The van der Waals surface area contributed by atoms with Crippen LogP contribution in [0.4, 0.5) is 5.82 Å². The zero-order valence-electron chi connectivity index (χ0n) is 10.2. The Morgan fingerprint density at radius 3 is 2.79 bits per heavy atom. The molecule has 2 rings (SSSR count). The maximum Gasteiger partial charge on any atom is 0.273 e. The molecule has 1 N–H and O–H groups in total. The van der Waals surface area contributed by atoms with E-state index in [0.717, 1.165) is 17.4 Å². The molecular formula is C12H12Br2N4O. The Balaban J connectivity index is 2.17. The number of amides is 1. The van der Waals surface area contributed by atoms with Gasteiger partial charge in [-0.2, -0.15) is 0 Å². The van der Waals surface area contributed by atoms with E-state index in [-0.39, 0.29) is 5.91 Å². The summed E-state index contributed by atoms with van der Waals surface area (Å²) in [5, 5.41) is 2.72. The molecule has 0 fully saturated rings. The molecule has 0 saturated heterocycles. The fraction of sp³-hybridized carbons (Fsp3) is 0.250. The molecular weight excluding hydrogens is 376 g/mol. The first kappa shape index (κ1) is 14.2. The number of anilines is 1. The van der Waals surface area contributed by atoms with Gasteiger partial charge in [-0.05, 0) is 44.3 Å². The van der Waals surface area contributed by atoms with Crippen LogP contribution in [0.15, 0.2) is 33.7 Å². The third kappa shape index (κ3) is 3.63. The third-order valence-corrected chi connectivity index (χ3v) is 3.27. The van der Waals surface area contributed by atoms with Gasteiger partial charge in [-0.25, -0.2) is 9.97 Å². The van der Waals surface area contributed by atoms with E-state index in [9.17, 15) is 4.79 Å². The number of nitrogens with one attached hydrogen (secondary N) is 1. The van der Waals surface area contributed by atoms with E-state index in [1.807, 2.05) is 10.8 Å². The molecule has 2 heterocycles. The summed E-state index contributed by atoms with van der Waals surface area (Å²) in [7, 11) is 0. The predicted molar refractivity (Wildman–Crippen MR) is 80.1 cm³/mol. The molecule has 2 aromatic rings. The zero-order valence-corrected chi connectivity index (χ0v) is 13.4. The maximum atomic E-state index is 12.2. The van der Waals surface area contributed by atoms with Crippen molar-refractivity contribution in [3.63, 3.8) is 0 Å². The first-order valence-electron chi connectivity index (χ1n) is 5.74. The number of hydrogen-bond donors (Lipinski definition) is 1. The predicted octanol–water partition coefficient (Wildman–Crippen LogP) is 3.47. The van der Waals surface area contributed by atoms with Crippen molar-refractivity contribution in [3.05, 3.63) is 39.4 Å². The molecule has 7 heteroatoms. The quantitative estimate of drug-likeness (QED) is 0.873. The van der Waals surface area contributed by atoms with Crippen molar-refractivity contribution in [2.24, 2.45) is 0 Å². The van der Waals surface area contributed by atoms with Crippen molar-refractivity contribution in [1.29, 1.82) is 0 Å². The molecule has 19 heavy (non-hydrogen) atoms. The molecule has 0 aliphatic carbocycles. The number of carbonyl (C=O) groups excluding carboxylic acids is 1. The lowest BCUT2D eigenvalue weighted by Gasteiger charge is -2.07. The Bertz CT molecular complexity index is 580. The lowest BCUT2D eigenvalue weighted by molar-refractivity contribution is 0.101. The number of nitrogens with zero attached hydrogens (tertiary/aromatic N) is 3. The first-order chi connectivity index (χ1) is 9.10. The topological polar surface area (TPSA) is 59.8 Å². The second-order valence-electron chi connectivity index (χ2n) is 3.92. The fourth-order valence-electron chi connectivity index (χ4n) is 1.65. The molecule has 5 nitrogen and oxygen atoms in total. The molecule has 0 unspecified atom stereocenters. The number of hydrogen-bond acceptors (Lipinski definition) is 3. The largest absolute Gasteiger partial charge is 0.342 e. The van der Waals surface area contributed by atoms with Crippen LogP contribution in [-0.4, -0.2) is 20.4 Å². The van der Waals surface area contributed by atoms with Crippen molar-refractivity contribution >= 4 is 43.6 Å². The first-order valence-corrected chi connectivity index (χ1v) is 7.33. The Morgan fingerprint density at radius 1 is 1.37 bits per heavy atom. The highest BCUT2D eigenvalue weighted by Gasteiger charge is 2.13. The molecule has 0 saturated carbocycles. The minimum absolute atomic E-state index is 0.198. The lowest BCUT2D eigenvalue weighted by atomic mass is 10.3. The summed E-state index contributed by atoms with van der Waals surface area (Å²) in [4.78, 5) is 20.3. The van der Waals surface area contributed by atoms with Crippen LogP contribution < -0.4 is 5.32 Å². The Kier molecular flexibility index (Phi) is 4.71. The maximum absolute atomic E-state index is 12.2. The minimum Gasteiger partial charge on any atom is -0.342 e. The Hall–Kier alpha value is -1.21. The summed E-state index contributed by atoms with van der Waals surface area (Å²) < 4.78 is 3.42. The molecule has 0 bridgehead atoms. The number of rotatable bonds is 4. The lowest BCUT2D eigenvalue weighted by Crippen LogP contribution is -2.17. The average molecular weight is 388 g/mol. The van der Waals surface area contributed by atoms with Crippen LogP contribution in [-0.2, 0) is 6.54 Å². The number of aromatic nitrogens is 3. The molecule has 100 valence electrons. The van der Waals surface area contributed by atoms with Gasteiger partial charge in [0.05, 0.1) is 12.4 Å². The normalized spacial score (nSPS) is 10.5. The van der Waals surface area contributed by atoms with Gasteiger partial charge in [-0.1, -0.05) is 6.92 Å². The van der Waals surface area contributed by atoms with Crippen LogP contribution in [0, 0.1) is 0 Å². The molecule has 1 amide bonds. The standard InChI is InChI=1S/C12H12Br2N4O/c1-2-3-18-7-8(13)4-9(18)12(19)17-11-6-15-10(14)5-16-11/h4-7H,2-3H2,1H3,(H,16,17,19). The van der Waals surface area contributed by atoms with Crippen molar-refractivity contribution in [1.82, 2.24) is 14.5 Å². The summed E-state index contributed by atoms with van der Waals surface area (Å²) in [6.45, 7) is 2.86. The molecule has 0 aliphatic heterocycles. The van der Waals surface area contributed by atoms with Gasteiger partial charge < -0.3 is 9.88 Å².